The predicted octanol–water partition coefficient (Wildman–Crippen LogP) is 4.45. The summed E-state index contributed by atoms with van der Waals surface area (Å²) in [5, 5.41) is 16.3. The number of carbonyl (C=O) groups is 1. The van der Waals surface area contributed by atoms with E-state index in [9.17, 15) is 23.1 Å². The van der Waals surface area contributed by atoms with Crippen molar-refractivity contribution in [1.29, 1.82) is 0 Å². The van der Waals surface area contributed by atoms with Crippen LogP contribution in [0.3, 0.4) is 0 Å². The molecule has 5 nitrogen and oxygen atoms in total. The summed E-state index contributed by atoms with van der Waals surface area (Å²) in [6, 6.07) is 15.5. The molecule has 0 bridgehead atoms. The van der Waals surface area contributed by atoms with Gasteiger partial charge in [0.1, 0.15) is 11.4 Å². The summed E-state index contributed by atoms with van der Waals surface area (Å²) in [5.41, 5.74) is -0.342. The van der Waals surface area contributed by atoms with Gasteiger partial charge in [-0.3, -0.25) is 4.79 Å². The molecule has 1 aliphatic heterocycles. The quantitative estimate of drug-likeness (QED) is 0.529. The normalized spacial score (nSPS) is 14.6. The summed E-state index contributed by atoms with van der Waals surface area (Å²) in [6.07, 6.45) is 0. The number of likely N-dealkylation sites (tertiary alicyclic amines) is 1. The van der Waals surface area contributed by atoms with E-state index in [1.165, 1.54) is 17.0 Å². The van der Waals surface area contributed by atoms with E-state index >= 15 is 0 Å². The summed E-state index contributed by atoms with van der Waals surface area (Å²) in [6.45, 7) is 1.95. The Bertz CT molecular complexity index is 1150. The zero-order chi connectivity index (χ0) is 22.9. The van der Waals surface area contributed by atoms with E-state index in [0.717, 1.165) is 17.8 Å². The molecule has 0 aromatic heterocycles. The van der Waals surface area contributed by atoms with Gasteiger partial charge in [-0.15, -0.1) is 0 Å². The number of hydrogen-bond acceptors (Lipinski definition) is 4. The number of aryl methyl sites for hydroxylation is 1. The van der Waals surface area contributed by atoms with Crippen molar-refractivity contribution in [3.63, 3.8) is 0 Å². The summed E-state index contributed by atoms with van der Waals surface area (Å²) >= 11 is 0. The molecule has 32 heavy (non-hydrogen) atoms. The minimum atomic E-state index is -1.28. The van der Waals surface area contributed by atoms with Crippen molar-refractivity contribution in [2.75, 3.05) is 30.3 Å². The van der Waals surface area contributed by atoms with Crippen molar-refractivity contribution in [2.45, 2.75) is 12.5 Å². The Morgan fingerprint density at radius 3 is 2.44 bits per heavy atom. The van der Waals surface area contributed by atoms with Crippen molar-refractivity contribution >= 4 is 23.0 Å². The molecule has 4 rings (SSSR count). The van der Waals surface area contributed by atoms with E-state index in [1.54, 1.807) is 13.0 Å². The number of para-hydroxylation sites is 1. The third kappa shape index (κ3) is 4.40. The molecule has 0 saturated carbocycles. The van der Waals surface area contributed by atoms with Gasteiger partial charge in [-0.05, 0) is 48.9 Å². The van der Waals surface area contributed by atoms with Gasteiger partial charge in [0.05, 0.1) is 30.0 Å². The number of amides is 1. The maximum Gasteiger partial charge on any atom is 0.256 e. The largest absolute Gasteiger partial charge is 0.384 e. The molecule has 0 radical (unpaired) electrons. The lowest BCUT2D eigenvalue weighted by Gasteiger charge is -2.46. The molecular weight excluding hydrogens is 419 g/mol. The highest BCUT2D eigenvalue weighted by Gasteiger charge is 2.44. The van der Waals surface area contributed by atoms with Crippen LogP contribution in [0.1, 0.15) is 15.9 Å². The lowest BCUT2D eigenvalue weighted by Crippen LogP contribution is -2.66. The number of anilines is 3. The Kier molecular flexibility index (Phi) is 5.80. The van der Waals surface area contributed by atoms with E-state index in [-0.39, 0.29) is 30.9 Å². The van der Waals surface area contributed by atoms with Gasteiger partial charge in [-0.2, -0.15) is 0 Å². The van der Waals surface area contributed by atoms with Crippen LogP contribution in [0.15, 0.2) is 60.7 Å². The minimum Gasteiger partial charge on any atom is -0.384 e. The minimum absolute atomic E-state index is 0.0169. The molecule has 0 unspecified atom stereocenters. The Balaban J connectivity index is 1.50. The van der Waals surface area contributed by atoms with Crippen LogP contribution in [-0.4, -0.2) is 41.1 Å². The topological polar surface area (TPSA) is 64.6 Å². The molecule has 3 aromatic rings. The summed E-state index contributed by atoms with van der Waals surface area (Å²) in [7, 11) is 0. The number of rotatable bonds is 6. The van der Waals surface area contributed by atoms with Gasteiger partial charge in [-0.1, -0.05) is 24.3 Å². The van der Waals surface area contributed by atoms with Gasteiger partial charge in [0.2, 0.25) is 0 Å². The molecule has 3 N–H and O–H groups in total. The molecule has 1 fully saturated rings. The van der Waals surface area contributed by atoms with Crippen LogP contribution in [-0.2, 0) is 0 Å². The highest BCUT2D eigenvalue weighted by atomic mass is 19.2. The van der Waals surface area contributed by atoms with Crippen molar-refractivity contribution in [2.24, 2.45) is 0 Å². The Labute approximate surface area is 183 Å². The van der Waals surface area contributed by atoms with Crippen LogP contribution in [0.4, 0.5) is 30.2 Å². The van der Waals surface area contributed by atoms with E-state index in [0.29, 0.717) is 5.56 Å². The van der Waals surface area contributed by atoms with Gasteiger partial charge in [0.15, 0.2) is 11.6 Å². The average Bonchev–Trinajstić information content (AvgIpc) is 2.75. The summed E-state index contributed by atoms with van der Waals surface area (Å²) in [5.74, 6) is -3.69. The first-order valence-corrected chi connectivity index (χ1v) is 10.1. The number of carbonyl (C=O) groups excluding carboxylic acids is 1. The maximum absolute atomic E-state index is 14.6. The molecule has 166 valence electrons. The first kappa shape index (κ1) is 21.7. The average molecular weight is 441 g/mol. The SMILES string of the molecule is Cc1ccc(Nc2c(C(=O)N3CC(O)(CNc4ccccc4)C3)ccc(F)c2F)c(F)c1. The van der Waals surface area contributed by atoms with Gasteiger partial charge < -0.3 is 20.6 Å². The molecule has 1 saturated heterocycles. The molecular formula is C24H22F3N3O2. The Morgan fingerprint density at radius 1 is 1.03 bits per heavy atom. The number of nitrogens with one attached hydrogen (secondary N) is 2. The lowest BCUT2D eigenvalue weighted by molar-refractivity contribution is -0.0706. The van der Waals surface area contributed by atoms with Gasteiger partial charge >= 0.3 is 0 Å². The van der Waals surface area contributed by atoms with Gasteiger partial charge in [0.25, 0.3) is 5.91 Å². The second kappa shape index (κ2) is 8.55. The molecule has 1 amide bonds. The zero-order valence-corrected chi connectivity index (χ0v) is 17.3. The maximum atomic E-state index is 14.6. The van der Waals surface area contributed by atoms with Gasteiger partial charge in [0, 0.05) is 12.2 Å². The fourth-order valence-corrected chi connectivity index (χ4v) is 3.62. The zero-order valence-electron chi connectivity index (χ0n) is 17.3. The Morgan fingerprint density at radius 2 is 1.75 bits per heavy atom. The van der Waals surface area contributed by atoms with E-state index in [4.69, 9.17) is 0 Å². The smallest absolute Gasteiger partial charge is 0.256 e. The van der Waals surface area contributed by atoms with Crippen LogP contribution in [0.2, 0.25) is 0 Å². The monoisotopic (exact) mass is 441 g/mol. The van der Waals surface area contributed by atoms with Crippen molar-refractivity contribution in [1.82, 2.24) is 4.90 Å². The van der Waals surface area contributed by atoms with Crippen LogP contribution < -0.4 is 10.6 Å². The summed E-state index contributed by atoms with van der Waals surface area (Å²) in [4.78, 5) is 14.3. The lowest BCUT2D eigenvalue weighted by atomic mass is 9.92. The Hall–Kier alpha value is -3.52. The van der Waals surface area contributed by atoms with Crippen molar-refractivity contribution in [3.8, 4) is 0 Å². The number of β-amino-alcohol motifs (C(OH)–C–C–N with tert-alkyl or cyclic N) is 1. The van der Waals surface area contributed by atoms with Crippen LogP contribution in [0, 0.1) is 24.4 Å². The van der Waals surface area contributed by atoms with E-state index in [1.807, 2.05) is 30.3 Å². The van der Waals surface area contributed by atoms with Crippen LogP contribution >= 0.6 is 0 Å². The number of benzene rings is 3. The van der Waals surface area contributed by atoms with Crippen LogP contribution in [0.25, 0.3) is 0 Å². The highest BCUT2D eigenvalue weighted by Crippen LogP contribution is 2.31. The number of hydrogen-bond donors (Lipinski definition) is 3. The number of aliphatic hydroxyl groups is 1. The second-order valence-electron chi connectivity index (χ2n) is 8.00. The van der Waals surface area contributed by atoms with Crippen molar-refractivity contribution in [3.05, 3.63) is 89.2 Å². The van der Waals surface area contributed by atoms with Crippen LogP contribution in [0.5, 0.6) is 0 Å². The molecule has 0 atom stereocenters. The molecule has 3 aromatic carbocycles. The summed E-state index contributed by atoms with van der Waals surface area (Å²) < 4.78 is 42.7. The molecule has 0 spiro atoms. The first-order chi connectivity index (χ1) is 15.3. The molecule has 1 heterocycles. The molecule has 0 aliphatic carbocycles. The second-order valence-corrected chi connectivity index (χ2v) is 8.00. The predicted molar refractivity (Wildman–Crippen MR) is 117 cm³/mol. The third-order valence-electron chi connectivity index (χ3n) is 5.36. The highest BCUT2D eigenvalue weighted by molar-refractivity contribution is 6.01. The third-order valence-corrected chi connectivity index (χ3v) is 5.36. The van der Waals surface area contributed by atoms with Gasteiger partial charge in [-0.25, -0.2) is 13.2 Å². The van der Waals surface area contributed by atoms with E-state index < -0.39 is 34.6 Å². The standard InChI is InChI=1S/C24H22F3N3O2/c1-15-7-10-20(19(26)11-15)29-22-17(8-9-18(25)21(22)27)23(31)30-13-24(32,14-30)12-28-16-5-3-2-4-6-16/h2-11,28-29,32H,12-14H2,1H3. The number of nitrogens with zero attached hydrogens (tertiary/aromatic N) is 1. The fraction of sp³-hybridized carbons (Fsp3) is 0.208. The fourth-order valence-electron chi connectivity index (χ4n) is 3.62. The number of halogens is 3. The van der Waals surface area contributed by atoms with E-state index in [2.05, 4.69) is 10.6 Å². The molecule has 1 aliphatic rings. The molecule has 8 heteroatoms. The first-order valence-electron chi connectivity index (χ1n) is 10.1. The van der Waals surface area contributed by atoms with Crippen molar-refractivity contribution < 1.29 is 23.1 Å².